The average molecular weight is 273 g/mol. The number of amides is 1. The number of nitrogens with one attached hydrogen (secondary N) is 1. The van der Waals surface area contributed by atoms with Gasteiger partial charge in [0.05, 0.1) is 12.3 Å². The molecule has 0 unspecified atom stereocenters. The summed E-state index contributed by atoms with van der Waals surface area (Å²) < 4.78 is 5.32. The van der Waals surface area contributed by atoms with Crippen LogP contribution in [0.3, 0.4) is 0 Å². The summed E-state index contributed by atoms with van der Waals surface area (Å²) in [5, 5.41) is 12.0. The highest BCUT2D eigenvalue weighted by Crippen LogP contribution is 2.18. The standard InChI is InChI=1S/C16H19NO3/c1-2-12-6-3-4-7-13(12)16(19)17-14(9-10-18)15-8-5-11-20-15/h3-8,11,14,18H,2,9-10H2,1H3,(H,17,19)/t14-/m1/s1. The average Bonchev–Trinajstić information content (AvgIpc) is 3.00. The first-order chi connectivity index (χ1) is 9.76. The van der Waals surface area contributed by atoms with Crippen LogP contribution in [0.2, 0.25) is 0 Å². The van der Waals surface area contributed by atoms with E-state index < -0.39 is 0 Å². The first kappa shape index (κ1) is 14.3. The van der Waals surface area contributed by atoms with Crippen molar-refractivity contribution >= 4 is 5.91 Å². The molecule has 20 heavy (non-hydrogen) atoms. The Hall–Kier alpha value is -2.07. The minimum absolute atomic E-state index is 0.0128. The van der Waals surface area contributed by atoms with E-state index in [1.54, 1.807) is 18.4 Å². The van der Waals surface area contributed by atoms with Crippen LogP contribution in [0.1, 0.15) is 41.1 Å². The Morgan fingerprint density at radius 3 is 2.75 bits per heavy atom. The molecule has 0 aliphatic rings. The molecule has 106 valence electrons. The summed E-state index contributed by atoms with van der Waals surface area (Å²) in [4.78, 5) is 12.4. The Morgan fingerprint density at radius 1 is 1.30 bits per heavy atom. The van der Waals surface area contributed by atoms with Gasteiger partial charge in [-0.05, 0) is 36.6 Å². The second-order valence-electron chi connectivity index (χ2n) is 4.56. The lowest BCUT2D eigenvalue weighted by molar-refractivity contribution is 0.0922. The van der Waals surface area contributed by atoms with Crippen LogP contribution in [0.5, 0.6) is 0 Å². The van der Waals surface area contributed by atoms with E-state index in [1.807, 2.05) is 31.2 Å². The zero-order chi connectivity index (χ0) is 14.4. The molecule has 1 amide bonds. The summed E-state index contributed by atoms with van der Waals surface area (Å²) in [6.45, 7) is 2.00. The van der Waals surface area contributed by atoms with Gasteiger partial charge in [0.2, 0.25) is 0 Å². The summed E-state index contributed by atoms with van der Waals surface area (Å²) in [7, 11) is 0. The van der Waals surface area contributed by atoms with Gasteiger partial charge in [0, 0.05) is 12.2 Å². The first-order valence-electron chi connectivity index (χ1n) is 6.79. The summed E-state index contributed by atoms with van der Waals surface area (Å²) in [6.07, 6.45) is 2.79. The number of carbonyl (C=O) groups is 1. The maximum absolute atomic E-state index is 12.4. The van der Waals surface area contributed by atoms with Crippen molar-refractivity contribution in [1.29, 1.82) is 0 Å². The lowest BCUT2D eigenvalue weighted by atomic mass is 10.0. The third-order valence-electron chi connectivity index (χ3n) is 3.25. The topological polar surface area (TPSA) is 62.5 Å². The van der Waals surface area contributed by atoms with E-state index in [9.17, 15) is 4.79 Å². The van der Waals surface area contributed by atoms with Crippen molar-refractivity contribution in [1.82, 2.24) is 5.32 Å². The van der Waals surface area contributed by atoms with Gasteiger partial charge in [-0.15, -0.1) is 0 Å². The Labute approximate surface area is 118 Å². The number of carbonyl (C=O) groups excluding carboxylic acids is 1. The third kappa shape index (κ3) is 3.27. The van der Waals surface area contributed by atoms with Crippen molar-refractivity contribution in [2.75, 3.05) is 6.61 Å². The molecular formula is C16H19NO3. The second kappa shape index (κ2) is 6.91. The van der Waals surface area contributed by atoms with Gasteiger partial charge in [-0.25, -0.2) is 0 Å². The fourth-order valence-electron chi connectivity index (χ4n) is 2.19. The largest absolute Gasteiger partial charge is 0.467 e. The van der Waals surface area contributed by atoms with Gasteiger partial charge < -0.3 is 14.8 Å². The van der Waals surface area contributed by atoms with Crippen molar-refractivity contribution in [2.45, 2.75) is 25.8 Å². The summed E-state index contributed by atoms with van der Waals surface area (Å²) in [5.74, 6) is 0.513. The van der Waals surface area contributed by atoms with Gasteiger partial charge in [-0.2, -0.15) is 0 Å². The van der Waals surface area contributed by atoms with Gasteiger partial charge in [-0.1, -0.05) is 25.1 Å². The van der Waals surface area contributed by atoms with Crippen LogP contribution in [0.15, 0.2) is 47.1 Å². The highest BCUT2D eigenvalue weighted by atomic mass is 16.3. The van der Waals surface area contributed by atoms with E-state index in [-0.39, 0.29) is 18.6 Å². The van der Waals surface area contributed by atoms with E-state index in [2.05, 4.69) is 5.32 Å². The predicted molar refractivity (Wildman–Crippen MR) is 76.4 cm³/mol. The molecule has 4 nitrogen and oxygen atoms in total. The quantitative estimate of drug-likeness (QED) is 0.850. The molecule has 0 bridgehead atoms. The van der Waals surface area contributed by atoms with Gasteiger partial charge in [0.1, 0.15) is 5.76 Å². The molecule has 0 aliphatic heterocycles. The molecule has 1 aromatic carbocycles. The normalized spacial score (nSPS) is 12.1. The third-order valence-corrected chi connectivity index (χ3v) is 3.25. The molecule has 0 radical (unpaired) electrons. The Kier molecular flexibility index (Phi) is 4.96. The second-order valence-corrected chi connectivity index (χ2v) is 4.56. The molecule has 0 fully saturated rings. The molecule has 2 N–H and O–H groups in total. The molecule has 2 aromatic rings. The number of hydrogen-bond acceptors (Lipinski definition) is 3. The Morgan fingerprint density at radius 2 is 2.10 bits per heavy atom. The first-order valence-corrected chi connectivity index (χ1v) is 6.79. The van der Waals surface area contributed by atoms with Crippen LogP contribution in [0.4, 0.5) is 0 Å². The molecule has 1 atom stereocenters. The highest BCUT2D eigenvalue weighted by molar-refractivity contribution is 5.95. The van der Waals surface area contributed by atoms with Crippen LogP contribution in [0, 0.1) is 0 Å². The molecule has 1 heterocycles. The summed E-state index contributed by atoms with van der Waals surface area (Å²) >= 11 is 0. The minimum Gasteiger partial charge on any atom is -0.467 e. The predicted octanol–water partition coefficient (Wildman–Crippen LogP) is 2.70. The van der Waals surface area contributed by atoms with Crippen LogP contribution in [-0.2, 0) is 6.42 Å². The maximum Gasteiger partial charge on any atom is 0.252 e. The van der Waals surface area contributed by atoms with Crippen molar-refractivity contribution in [3.63, 3.8) is 0 Å². The molecule has 0 saturated carbocycles. The van der Waals surface area contributed by atoms with E-state index >= 15 is 0 Å². The monoisotopic (exact) mass is 273 g/mol. The van der Waals surface area contributed by atoms with E-state index in [0.717, 1.165) is 12.0 Å². The van der Waals surface area contributed by atoms with Gasteiger partial charge in [0.15, 0.2) is 0 Å². The number of aliphatic hydroxyl groups excluding tert-OH is 1. The molecule has 0 aliphatic carbocycles. The van der Waals surface area contributed by atoms with Crippen molar-refractivity contribution < 1.29 is 14.3 Å². The zero-order valence-corrected chi connectivity index (χ0v) is 11.5. The van der Waals surface area contributed by atoms with Crippen molar-refractivity contribution in [3.05, 3.63) is 59.5 Å². The smallest absolute Gasteiger partial charge is 0.252 e. The van der Waals surface area contributed by atoms with Crippen LogP contribution >= 0.6 is 0 Å². The molecule has 2 rings (SSSR count). The molecular weight excluding hydrogens is 254 g/mol. The fraction of sp³-hybridized carbons (Fsp3) is 0.312. The molecule has 0 spiro atoms. The summed E-state index contributed by atoms with van der Waals surface area (Å²) in [6, 6.07) is 10.8. The number of aryl methyl sites for hydroxylation is 1. The lowest BCUT2D eigenvalue weighted by Crippen LogP contribution is -2.29. The van der Waals surface area contributed by atoms with Gasteiger partial charge >= 0.3 is 0 Å². The van der Waals surface area contributed by atoms with Crippen LogP contribution < -0.4 is 5.32 Å². The van der Waals surface area contributed by atoms with Crippen LogP contribution in [-0.4, -0.2) is 17.6 Å². The molecule has 4 heteroatoms. The van der Waals surface area contributed by atoms with Crippen molar-refractivity contribution in [3.8, 4) is 0 Å². The minimum atomic E-state index is -0.313. The SMILES string of the molecule is CCc1ccccc1C(=O)N[C@H](CCO)c1ccco1. The summed E-state index contributed by atoms with van der Waals surface area (Å²) in [5.41, 5.74) is 1.68. The molecule has 1 aromatic heterocycles. The maximum atomic E-state index is 12.4. The van der Waals surface area contributed by atoms with E-state index in [4.69, 9.17) is 9.52 Å². The number of rotatable bonds is 6. The number of benzene rings is 1. The highest BCUT2D eigenvalue weighted by Gasteiger charge is 2.18. The van der Waals surface area contributed by atoms with E-state index in [1.165, 1.54) is 0 Å². The molecule has 0 saturated heterocycles. The van der Waals surface area contributed by atoms with Crippen LogP contribution in [0.25, 0.3) is 0 Å². The van der Waals surface area contributed by atoms with Gasteiger partial charge in [0.25, 0.3) is 5.91 Å². The zero-order valence-electron chi connectivity index (χ0n) is 11.5. The Balaban J connectivity index is 2.16. The Bertz CT molecular complexity index is 549. The number of hydrogen-bond donors (Lipinski definition) is 2. The van der Waals surface area contributed by atoms with Crippen molar-refractivity contribution in [2.24, 2.45) is 0 Å². The number of furan rings is 1. The number of aliphatic hydroxyl groups is 1. The fourth-order valence-corrected chi connectivity index (χ4v) is 2.19. The lowest BCUT2D eigenvalue weighted by Gasteiger charge is -2.16. The van der Waals surface area contributed by atoms with Gasteiger partial charge in [-0.3, -0.25) is 4.79 Å². The van der Waals surface area contributed by atoms with E-state index in [0.29, 0.717) is 17.7 Å².